The Kier molecular flexibility index (Phi) is 3.41. The predicted molar refractivity (Wildman–Crippen MR) is 86.6 cm³/mol. The van der Waals surface area contributed by atoms with Crippen LogP contribution in [0.4, 0.5) is 0 Å². The number of likely N-dealkylation sites (tertiary alicyclic amines) is 1. The van der Waals surface area contributed by atoms with Crippen LogP contribution in [0.5, 0.6) is 0 Å². The molecule has 0 bridgehead atoms. The van der Waals surface area contributed by atoms with Crippen molar-refractivity contribution in [1.29, 1.82) is 0 Å². The molecular weight excluding hydrogens is 308 g/mol. The van der Waals surface area contributed by atoms with E-state index in [0.717, 1.165) is 18.2 Å². The molecule has 0 saturated carbocycles. The lowest BCUT2D eigenvalue weighted by atomic mass is 10.1. The van der Waals surface area contributed by atoms with Crippen molar-refractivity contribution in [2.24, 2.45) is 0 Å². The van der Waals surface area contributed by atoms with Crippen LogP contribution in [0, 0.1) is 6.92 Å². The molecule has 0 spiro atoms. The van der Waals surface area contributed by atoms with Gasteiger partial charge in [0.15, 0.2) is 0 Å². The van der Waals surface area contributed by atoms with Gasteiger partial charge in [0.2, 0.25) is 5.56 Å². The molecule has 0 aliphatic carbocycles. The molecule has 1 aliphatic rings. The topological polar surface area (TPSA) is 92.1 Å². The fourth-order valence-corrected chi connectivity index (χ4v) is 3.37. The van der Waals surface area contributed by atoms with Gasteiger partial charge in [-0.05, 0) is 25.8 Å². The third-order valence-corrected chi connectivity index (χ3v) is 4.50. The molecule has 3 aromatic rings. The van der Waals surface area contributed by atoms with Crippen LogP contribution < -0.4 is 5.56 Å². The van der Waals surface area contributed by atoms with Gasteiger partial charge in [0, 0.05) is 23.5 Å². The maximum Gasteiger partial charge on any atom is 0.255 e. The molecule has 4 rings (SSSR count). The highest BCUT2D eigenvalue weighted by atomic mass is 16.6. The number of aromatic nitrogens is 3. The third kappa shape index (κ3) is 2.29. The predicted octanol–water partition coefficient (Wildman–Crippen LogP) is 2.20. The molecule has 1 atom stereocenters. The van der Waals surface area contributed by atoms with Crippen molar-refractivity contribution in [2.75, 3.05) is 6.54 Å². The first kappa shape index (κ1) is 14.6. The normalized spacial score (nSPS) is 17.5. The summed E-state index contributed by atoms with van der Waals surface area (Å²) in [5, 5.41) is 8.51. The standard InChI is InChI=1S/C17H16N4O3/c1-10-16(20-24-19-10)14-7-4-8-21(14)17(23)12-9-15(22)18-13-6-3-2-5-11(12)13/h2-3,5-6,9,14H,4,7-8H2,1H3,(H,18,22)/t14-/m0/s1. The number of hydrogen-bond donors (Lipinski definition) is 1. The van der Waals surface area contributed by atoms with E-state index in [4.69, 9.17) is 4.63 Å². The largest absolute Gasteiger partial charge is 0.330 e. The second kappa shape index (κ2) is 5.59. The zero-order chi connectivity index (χ0) is 16.7. The van der Waals surface area contributed by atoms with E-state index in [1.165, 1.54) is 6.07 Å². The van der Waals surface area contributed by atoms with Crippen molar-refractivity contribution in [3.05, 3.63) is 57.6 Å². The van der Waals surface area contributed by atoms with Gasteiger partial charge in [-0.2, -0.15) is 0 Å². The molecule has 122 valence electrons. The van der Waals surface area contributed by atoms with Crippen molar-refractivity contribution >= 4 is 16.8 Å². The van der Waals surface area contributed by atoms with E-state index in [2.05, 4.69) is 15.3 Å². The Bertz CT molecular complexity index is 975. The van der Waals surface area contributed by atoms with Gasteiger partial charge in [-0.3, -0.25) is 9.59 Å². The van der Waals surface area contributed by atoms with Crippen LogP contribution >= 0.6 is 0 Å². The molecule has 3 heterocycles. The SMILES string of the molecule is Cc1nonc1[C@@H]1CCCN1C(=O)c1cc(=O)[nH]c2ccccc12. The number of amides is 1. The number of carbonyl (C=O) groups excluding carboxylic acids is 1. The van der Waals surface area contributed by atoms with Gasteiger partial charge in [0.05, 0.1) is 11.6 Å². The second-order valence-corrected chi connectivity index (χ2v) is 5.98. The Morgan fingerprint density at radius 3 is 2.96 bits per heavy atom. The average Bonchev–Trinajstić information content (AvgIpc) is 3.21. The van der Waals surface area contributed by atoms with E-state index < -0.39 is 0 Å². The second-order valence-electron chi connectivity index (χ2n) is 5.98. The summed E-state index contributed by atoms with van der Waals surface area (Å²) < 4.78 is 4.79. The number of para-hydroxylation sites is 1. The number of benzene rings is 1. The highest BCUT2D eigenvalue weighted by Crippen LogP contribution is 2.33. The molecular formula is C17H16N4O3. The molecule has 1 aromatic carbocycles. The third-order valence-electron chi connectivity index (χ3n) is 4.50. The number of aryl methyl sites for hydroxylation is 1. The first-order chi connectivity index (χ1) is 11.6. The van der Waals surface area contributed by atoms with Gasteiger partial charge in [-0.15, -0.1) is 0 Å². The van der Waals surface area contributed by atoms with E-state index in [1.807, 2.05) is 25.1 Å². The molecule has 2 aromatic heterocycles. The monoisotopic (exact) mass is 324 g/mol. The average molecular weight is 324 g/mol. The van der Waals surface area contributed by atoms with Crippen LogP contribution in [-0.4, -0.2) is 32.6 Å². The van der Waals surface area contributed by atoms with E-state index in [0.29, 0.717) is 29.0 Å². The van der Waals surface area contributed by atoms with Crippen LogP contribution in [0.25, 0.3) is 10.9 Å². The summed E-state index contributed by atoms with van der Waals surface area (Å²) in [7, 11) is 0. The zero-order valence-electron chi connectivity index (χ0n) is 13.2. The van der Waals surface area contributed by atoms with Gasteiger partial charge in [-0.1, -0.05) is 28.5 Å². The van der Waals surface area contributed by atoms with Gasteiger partial charge in [0.1, 0.15) is 11.4 Å². The first-order valence-corrected chi connectivity index (χ1v) is 7.87. The molecule has 1 saturated heterocycles. The van der Waals surface area contributed by atoms with Crippen molar-refractivity contribution < 1.29 is 9.42 Å². The number of aromatic amines is 1. The van der Waals surface area contributed by atoms with Crippen molar-refractivity contribution in [3.8, 4) is 0 Å². The van der Waals surface area contributed by atoms with Gasteiger partial charge >= 0.3 is 0 Å². The summed E-state index contributed by atoms with van der Waals surface area (Å²) in [4.78, 5) is 29.6. The van der Waals surface area contributed by atoms with Crippen molar-refractivity contribution in [3.63, 3.8) is 0 Å². The Morgan fingerprint density at radius 2 is 2.17 bits per heavy atom. The molecule has 1 aliphatic heterocycles. The lowest BCUT2D eigenvalue weighted by molar-refractivity contribution is 0.0732. The molecule has 1 amide bonds. The van der Waals surface area contributed by atoms with Gasteiger partial charge in [-0.25, -0.2) is 4.63 Å². The summed E-state index contributed by atoms with van der Waals surface area (Å²) in [5.74, 6) is -0.165. The lowest BCUT2D eigenvalue weighted by Gasteiger charge is -2.23. The van der Waals surface area contributed by atoms with Crippen LogP contribution in [-0.2, 0) is 0 Å². The van der Waals surface area contributed by atoms with Crippen LogP contribution in [0.3, 0.4) is 0 Å². The maximum atomic E-state index is 13.1. The number of H-pyrrole nitrogens is 1. The molecule has 0 radical (unpaired) electrons. The van der Waals surface area contributed by atoms with Crippen LogP contribution in [0.2, 0.25) is 0 Å². The molecule has 0 unspecified atom stereocenters. The highest BCUT2D eigenvalue weighted by Gasteiger charge is 2.34. The van der Waals surface area contributed by atoms with E-state index in [-0.39, 0.29) is 17.5 Å². The number of pyridine rings is 1. The Labute approximate surface area is 137 Å². The van der Waals surface area contributed by atoms with E-state index in [9.17, 15) is 9.59 Å². The maximum absolute atomic E-state index is 13.1. The number of nitrogens with one attached hydrogen (secondary N) is 1. The molecule has 1 N–H and O–H groups in total. The van der Waals surface area contributed by atoms with Gasteiger partial charge < -0.3 is 9.88 Å². The number of nitrogens with zero attached hydrogens (tertiary/aromatic N) is 3. The number of rotatable bonds is 2. The summed E-state index contributed by atoms with van der Waals surface area (Å²) in [6.07, 6.45) is 1.69. The molecule has 7 heteroatoms. The minimum atomic E-state index is -0.285. The lowest BCUT2D eigenvalue weighted by Crippen LogP contribution is -2.32. The van der Waals surface area contributed by atoms with Crippen LogP contribution in [0.15, 0.2) is 39.8 Å². The minimum Gasteiger partial charge on any atom is -0.330 e. The quantitative estimate of drug-likeness (QED) is 0.780. The van der Waals surface area contributed by atoms with Crippen molar-refractivity contribution in [2.45, 2.75) is 25.8 Å². The number of fused-ring (bicyclic) bond motifs is 1. The van der Waals surface area contributed by atoms with E-state index >= 15 is 0 Å². The Balaban J connectivity index is 1.79. The Hall–Kier alpha value is -2.96. The first-order valence-electron chi connectivity index (χ1n) is 7.87. The number of carbonyl (C=O) groups is 1. The highest BCUT2D eigenvalue weighted by molar-refractivity contribution is 6.06. The summed E-state index contributed by atoms with van der Waals surface area (Å²) in [5.41, 5.74) is 2.16. The summed E-state index contributed by atoms with van der Waals surface area (Å²) >= 11 is 0. The molecule has 24 heavy (non-hydrogen) atoms. The minimum absolute atomic E-state index is 0.165. The fraction of sp³-hybridized carbons (Fsp3) is 0.294. The molecule has 7 nitrogen and oxygen atoms in total. The fourth-order valence-electron chi connectivity index (χ4n) is 3.37. The smallest absolute Gasteiger partial charge is 0.255 e. The summed E-state index contributed by atoms with van der Waals surface area (Å²) in [6.45, 7) is 2.44. The van der Waals surface area contributed by atoms with Crippen LogP contribution in [0.1, 0.15) is 40.6 Å². The Morgan fingerprint density at radius 1 is 1.33 bits per heavy atom. The van der Waals surface area contributed by atoms with Gasteiger partial charge in [0.25, 0.3) is 5.91 Å². The number of hydrogen-bond acceptors (Lipinski definition) is 5. The zero-order valence-corrected chi connectivity index (χ0v) is 13.2. The summed E-state index contributed by atoms with van der Waals surface area (Å²) in [6, 6.07) is 8.52. The van der Waals surface area contributed by atoms with Crippen molar-refractivity contribution in [1.82, 2.24) is 20.2 Å². The molecule has 1 fully saturated rings. The van der Waals surface area contributed by atoms with E-state index in [1.54, 1.807) is 11.0 Å².